The summed E-state index contributed by atoms with van der Waals surface area (Å²) in [7, 11) is 0. The van der Waals surface area contributed by atoms with Crippen molar-refractivity contribution in [3.8, 4) is 0 Å². The van der Waals surface area contributed by atoms with Crippen LogP contribution in [-0.4, -0.2) is 28.9 Å². The predicted octanol–water partition coefficient (Wildman–Crippen LogP) is 4.64. The molecule has 0 aliphatic heterocycles. The molecule has 4 nitrogen and oxygen atoms in total. The van der Waals surface area contributed by atoms with Crippen molar-refractivity contribution in [3.05, 3.63) is 41.4 Å². The lowest BCUT2D eigenvalue weighted by Gasteiger charge is -2.26. The van der Waals surface area contributed by atoms with Gasteiger partial charge in [-0.15, -0.1) is 11.3 Å². The van der Waals surface area contributed by atoms with E-state index in [9.17, 15) is 4.79 Å². The zero-order valence-corrected chi connectivity index (χ0v) is 15.1. The number of rotatable bonds is 7. The van der Waals surface area contributed by atoms with Crippen molar-refractivity contribution >= 4 is 28.1 Å². The first-order valence-corrected chi connectivity index (χ1v) is 8.89. The van der Waals surface area contributed by atoms with Gasteiger partial charge in [0.15, 0.2) is 5.13 Å². The number of thiazole rings is 1. The van der Waals surface area contributed by atoms with E-state index in [1.807, 2.05) is 34.5 Å². The van der Waals surface area contributed by atoms with Crippen molar-refractivity contribution in [1.82, 2.24) is 9.88 Å². The van der Waals surface area contributed by atoms with Crippen LogP contribution in [0.25, 0.3) is 0 Å². The topological polar surface area (TPSA) is 45.2 Å². The number of carbonyl (C=O) groups is 1. The second-order valence-electron chi connectivity index (χ2n) is 6.54. The number of nitrogens with zero attached hydrogens (tertiary/aromatic N) is 2. The highest BCUT2D eigenvalue weighted by atomic mass is 32.1. The number of nitrogens with one attached hydrogen (secondary N) is 1. The summed E-state index contributed by atoms with van der Waals surface area (Å²) in [5.41, 5.74) is 1.60. The van der Waals surface area contributed by atoms with Crippen LogP contribution in [0, 0.1) is 11.8 Å². The van der Waals surface area contributed by atoms with E-state index in [0.717, 1.165) is 23.9 Å². The van der Waals surface area contributed by atoms with Gasteiger partial charge >= 0.3 is 0 Å². The molecule has 2 rings (SSSR count). The second-order valence-corrected chi connectivity index (χ2v) is 7.44. The smallest absolute Gasteiger partial charge is 0.253 e. The van der Waals surface area contributed by atoms with Gasteiger partial charge in [-0.1, -0.05) is 33.8 Å². The molecule has 0 aliphatic rings. The molecular weight excluding hydrogens is 306 g/mol. The summed E-state index contributed by atoms with van der Waals surface area (Å²) in [5, 5.41) is 5.99. The highest BCUT2D eigenvalue weighted by Gasteiger charge is 2.18. The van der Waals surface area contributed by atoms with E-state index in [1.165, 1.54) is 11.3 Å². The fourth-order valence-corrected chi connectivity index (χ4v) is 2.99. The molecule has 23 heavy (non-hydrogen) atoms. The fraction of sp³-hybridized carbons (Fsp3) is 0.444. The third kappa shape index (κ3) is 5.36. The monoisotopic (exact) mass is 331 g/mol. The van der Waals surface area contributed by atoms with Crippen molar-refractivity contribution in [2.45, 2.75) is 27.7 Å². The van der Waals surface area contributed by atoms with Crippen LogP contribution in [0.4, 0.5) is 10.8 Å². The van der Waals surface area contributed by atoms with Gasteiger partial charge in [0.2, 0.25) is 0 Å². The molecule has 1 aromatic heterocycles. The van der Waals surface area contributed by atoms with E-state index in [1.54, 1.807) is 6.20 Å². The van der Waals surface area contributed by atoms with Crippen LogP contribution in [0.2, 0.25) is 0 Å². The van der Waals surface area contributed by atoms with Gasteiger partial charge in [-0.2, -0.15) is 0 Å². The average molecular weight is 331 g/mol. The normalized spacial score (nSPS) is 11.0. The molecule has 5 heteroatoms. The number of carbonyl (C=O) groups excluding carboxylic acids is 1. The summed E-state index contributed by atoms with van der Waals surface area (Å²) in [4.78, 5) is 19.0. The minimum atomic E-state index is 0.0928. The van der Waals surface area contributed by atoms with Gasteiger partial charge < -0.3 is 10.2 Å². The Labute approximate surface area is 142 Å². The molecule has 1 N–H and O–H groups in total. The van der Waals surface area contributed by atoms with E-state index < -0.39 is 0 Å². The van der Waals surface area contributed by atoms with Crippen molar-refractivity contribution in [3.63, 3.8) is 0 Å². The lowest BCUT2D eigenvalue weighted by molar-refractivity contribution is 0.0715. The Morgan fingerprint density at radius 3 is 2.48 bits per heavy atom. The summed E-state index contributed by atoms with van der Waals surface area (Å²) in [6.07, 6.45) is 1.76. The molecule has 0 spiro atoms. The first-order chi connectivity index (χ1) is 11.0. The van der Waals surface area contributed by atoms with Gasteiger partial charge in [0.25, 0.3) is 5.91 Å². The van der Waals surface area contributed by atoms with Gasteiger partial charge in [-0.25, -0.2) is 4.98 Å². The Hall–Kier alpha value is -1.88. The molecule has 0 radical (unpaired) electrons. The van der Waals surface area contributed by atoms with Crippen LogP contribution >= 0.6 is 11.3 Å². The predicted molar refractivity (Wildman–Crippen MR) is 97.4 cm³/mol. The lowest BCUT2D eigenvalue weighted by Crippen LogP contribution is -2.37. The largest absolute Gasteiger partial charge is 0.338 e. The number of amides is 1. The zero-order valence-electron chi connectivity index (χ0n) is 14.2. The summed E-state index contributed by atoms with van der Waals surface area (Å²) in [6, 6.07) is 7.64. The molecule has 0 saturated carbocycles. The SMILES string of the molecule is CC(C)CN(CC(C)C)C(=O)c1cccc(Nc2nccs2)c1. The average Bonchev–Trinajstić information content (AvgIpc) is 2.98. The Kier molecular flexibility index (Phi) is 6.16. The molecule has 1 amide bonds. The highest BCUT2D eigenvalue weighted by Crippen LogP contribution is 2.20. The van der Waals surface area contributed by atoms with Crippen molar-refractivity contribution in [2.75, 3.05) is 18.4 Å². The maximum absolute atomic E-state index is 12.9. The Morgan fingerprint density at radius 1 is 1.22 bits per heavy atom. The van der Waals surface area contributed by atoms with Crippen LogP contribution in [0.1, 0.15) is 38.1 Å². The first-order valence-electron chi connectivity index (χ1n) is 8.01. The van der Waals surface area contributed by atoms with Gasteiger partial charge in [0, 0.05) is 35.9 Å². The van der Waals surface area contributed by atoms with E-state index >= 15 is 0 Å². The molecule has 0 fully saturated rings. The number of benzene rings is 1. The van der Waals surface area contributed by atoms with Crippen molar-refractivity contribution < 1.29 is 4.79 Å². The van der Waals surface area contributed by atoms with Gasteiger partial charge in [0.1, 0.15) is 0 Å². The molecule has 0 saturated heterocycles. The fourth-order valence-electron chi connectivity index (χ4n) is 2.44. The molecule has 0 unspecified atom stereocenters. The molecule has 1 heterocycles. The van der Waals surface area contributed by atoms with Crippen LogP contribution < -0.4 is 5.32 Å². The van der Waals surface area contributed by atoms with Gasteiger partial charge in [-0.3, -0.25) is 4.79 Å². The zero-order chi connectivity index (χ0) is 16.8. The summed E-state index contributed by atoms with van der Waals surface area (Å²) in [6.45, 7) is 10.1. The molecule has 0 bridgehead atoms. The Morgan fingerprint density at radius 2 is 1.91 bits per heavy atom. The summed E-state index contributed by atoms with van der Waals surface area (Å²) >= 11 is 1.54. The summed E-state index contributed by atoms with van der Waals surface area (Å²) < 4.78 is 0. The lowest BCUT2D eigenvalue weighted by atomic mass is 10.1. The minimum absolute atomic E-state index is 0.0928. The summed E-state index contributed by atoms with van der Waals surface area (Å²) in [5.74, 6) is 0.999. The first kappa shape index (κ1) is 17.5. The van der Waals surface area contributed by atoms with E-state index in [4.69, 9.17) is 0 Å². The van der Waals surface area contributed by atoms with E-state index in [0.29, 0.717) is 17.4 Å². The number of anilines is 2. The van der Waals surface area contributed by atoms with Crippen molar-refractivity contribution in [2.24, 2.45) is 11.8 Å². The minimum Gasteiger partial charge on any atom is -0.338 e. The van der Waals surface area contributed by atoms with E-state index in [2.05, 4.69) is 38.0 Å². The molecule has 1 aromatic carbocycles. The standard InChI is InChI=1S/C18H25N3OS/c1-13(2)11-21(12-14(3)4)17(22)15-6-5-7-16(10-15)20-18-19-8-9-23-18/h5-10,13-14H,11-12H2,1-4H3,(H,19,20). The molecule has 124 valence electrons. The third-order valence-electron chi connectivity index (χ3n) is 3.25. The van der Waals surface area contributed by atoms with Crippen LogP contribution in [0.15, 0.2) is 35.8 Å². The third-order valence-corrected chi connectivity index (χ3v) is 3.94. The van der Waals surface area contributed by atoms with Crippen molar-refractivity contribution in [1.29, 1.82) is 0 Å². The number of aromatic nitrogens is 1. The maximum atomic E-state index is 12.9. The molecular formula is C18H25N3OS. The van der Waals surface area contributed by atoms with Crippen LogP contribution in [0.5, 0.6) is 0 Å². The van der Waals surface area contributed by atoms with Crippen LogP contribution in [0.3, 0.4) is 0 Å². The van der Waals surface area contributed by atoms with E-state index in [-0.39, 0.29) is 5.91 Å². The second kappa shape index (κ2) is 8.11. The number of hydrogen-bond acceptors (Lipinski definition) is 4. The van der Waals surface area contributed by atoms with Gasteiger partial charge in [0.05, 0.1) is 0 Å². The Bertz CT molecular complexity index is 613. The quantitative estimate of drug-likeness (QED) is 0.804. The molecule has 0 atom stereocenters. The van der Waals surface area contributed by atoms with Gasteiger partial charge in [-0.05, 0) is 30.0 Å². The molecule has 2 aromatic rings. The van der Waals surface area contributed by atoms with Crippen LogP contribution in [-0.2, 0) is 0 Å². The Balaban J connectivity index is 2.16. The maximum Gasteiger partial charge on any atom is 0.253 e. The number of hydrogen-bond donors (Lipinski definition) is 1. The highest BCUT2D eigenvalue weighted by molar-refractivity contribution is 7.13. The molecule has 0 aliphatic carbocycles.